The summed E-state index contributed by atoms with van der Waals surface area (Å²) in [5.41, 5.74) is 2.87. The molecule has 0 bridgehead atoms. The molecule has 0 saturated heterocycles. The molecule has 3 aromatic rings. The summed E-state index contributed by atoms with van der Waals surface area (Å²) in [6, 6.07) is 17.6. The minimum atomic E-state index is -0.0836. The number of H-pyrrole nitrogens is 1. The Kier molecular flexibility index (Phi) is 6.52. The van der Waals surface area contributed by atoms with Gasteiger partial charge in [0.15, 0.2) is 0 Å². The summed E-state index contributed by atoms with van der Waals surface area (Å²) in [5, 5.41) is 5.84. The Hall–Kier alpha value is -3.03. The lowest BCUT2D eigenvalue weighted by atomic mass is 10.1. The number of benzene rings is 2. The van der Waals surface area contributed by atoms with E-state index in [1.54, 1.807) is 7.05 Å². The van der Waals surface area contributed by atoms with Gasteiger partial charge in [-0.3, -0.25) is 14.8 Å². The molecular formula is C21H23N5OS. The molecule has 6 nitrogen and oxygen atoms in total. The normalized spacial score (nSPS) is 11.2. The lowest BCUT2D eigenvalue weighted by molar-refractivity contribution is 0.0963. The topological polar surface area (TPSA) is 66.0 Å². The fourth-order valence-electron chi connectivity index (χ4n) is 2.79. The smallest absolute Gasteiger partial charge is 0.251 e. The first-order valence-corrected chi connectivity index (χ1v) is 9.35. The van der Waals surface area contributed by atoms with Crippen LogP contribution in [-0.2, 0) is 13.2 Å². The van der Waals surface area contributed by atoms with Crippen LogP contribution in [0.15, 0.2) is 54.6 Å². The first kappa shape index (κ1) is 19.7. The molecule has 0 fully saturated rings. The SMILES string of the molecule is CNC(=O)c1ccc(CN(C)Cn2[nH]c(/C=C/c3ccccc3)nc2=S)cc1. The van der Waals surface area contributed by atoms with Crippen molar-refractivity contribution >= 4 is 30.3 Å². The largest absolute Gasteiger partial charge is 0.355 e. The zero-order valence-electron chi connectivity index (χ0n) is 15.9. The molecule has 2 aromatic carbocycles. The Morgan fingerprint density at radius 3 is 2.57 bits per heavy atom. The Morgan fingerprint density at radius 2 is 1.89 bits per heavy atom. The second-order valence-corrected chi connectivity index (χ2v) is 6.86. The Morgan fingerprint density at radius 1 is 1.18 bits per heavy atom. The Balaban J connectivity index is 1.62. The highest BCUT2D eigenvalue weighted by Crippen LogP contribution is 2.09. The Bertz CT molecular complexity index is 1010. The Labute approximate surface area is 169 Å². The van der Waals surface area contributed by atoms with E-state index in [1.165, 1.54) is 0 Å². The molecule has 0 saturated carbocycles. The number of hydrogen-bond donors (Lipinski definition) is 2. The molecule has 7 heteroatoms. The molecule has 0 aliphatic carbocycles. The predicted octanol–water partition coefficient (Wildman–Crippen LogP) is 3.56. The summed E-state index contributed by atoms with van der Waals surface area (Å²) < 4.78 is 2.34. The first-order chi connectivity index (χ1) is 13.5. The van der Waals surface area contributed by atoms with Gasteiger partial charge in [0.25, 0.3) is 5.91 Å². The van der Waals surface area contributed by atoms with Crippen molar-refractivity contribution in [2.75, 3.05) is 14.1 Å². The number of nitrogens with one attached hydrogen (secondary N) is 2. The van der Waals surface area contributed by atoms with Crippen molar-refractivity contribution < 1.29 is 4.79 Å². The van der Waals surface area contributed by atoms with Crippen LogP contribution in [0.25, 0.3) is 12.2 Å². The maximum absolute atomic E-state index is 11.6. The summed E-state index contributed by atoms with van der Waals surface area (Å²) in [6.45, 7) is 1.31. The fourth-order valence-corrected chi connectivity index (χ4v) is 2.99. The van der Waals surface area contributed by atoms with Gasteiger partial charge in [0.1, 0.15) is 5.82 Å². The molecule has 144 valence electrons. The number of hydrogen-bond acceptors (Lipinski definition) is 4. The van der Waals surface area contributed by atoms with Gasteiger partial charge in [0.05, 0.1) is 6.67 Å². The maximum atomic E-state index is 11.6. The van der Waals surface area contributed by atoms with Crippen LogP contribution in [0.4, 0.5) is 0 Å². The molecule has 0 unspecified atom stereocenters. The molecule has 3 rings (SSSR count). The average Bonchev–Trinajstić information content (AvgIpc) is 3.06. The minimum Gasteiger partial charge on any atom is -0.355 e. The number of carbonyl (C=O) groups is 1. The number of aromatic nitrogens is 3. The molecule has 0 aliphatic rings. The second-order valence-electron chi connectivity index (χ2n) is 6.50. The molecule has 28 heavy (non-hydrogen) atoms. The molecule has 0 aliphatic heterocycles. The summed E-state index contributed by atoms with van der Waals surface area (Å²) in [4.78, 5) is 18.1. The summed E-state index contributed by atoms with van der Waals surface area (Å²) in [7, 11) is 3.64. The van der Waals surface area contributed by atoms with Gasteiger partial charge < -0.3 is 5.32 Å². The van der Waals surface area contributed by atoms with E-state index in [9.17, 15) is 4.79 Å². The summed E-state index contributed by atoms with van der Waals surface area (Å²) >= 11 is 5.36. The molecule has 0 spiro atoms. The van der Waals surface area contributed by atoms with Crippen LogP contribution in [0.2, 0.25) is 0 Å². The van der Waals surface area contributed by atoms with Crippen LogP contribution in [0, 0.1) is 4.77 Å². The highest BCUT2D eigenvalue weighted by Gasteiger charge is 2.06. The van der Waals surface area contributed by atoms with E-state index in [1.807, 2.05) is 78.5 Å². The number of rotatable bonds is 7. The van der Waals surface area contributed by atoms with Crippen LogP contribution in [0.3, 0.4) is 0 Å². The summed E-state index contributed by atoms with van der Waals surface area (Å²) in [6.07, 6.45) is 3.91. The standard InChI is InChI=1S/C21H23N5OS/c1-22-20(27)18-11-8-17(9-12-18)14-25(2)15-26-21(28)23-19(24-26)13-10-16-6-4-3-5-7-16/h3-13H,14-15H2,1-2H3,(H,22,27)(H,23,24,28)/b13-10+. The molecule has 1 amide bonds. The highest BCUT2D eigenvalue weighted by molar-refractivity contribution is 7.71. The van der Waals surface area contributed by atoms with Gasteiger partial charge in [0.2, 0.25) is 4.77 Å². The van der Waals surface area contributed by atoms with Gasteiger partial charge in [0, 0.05) is 19.2 Å². The second kappa shape index (κ2) is 9.25. The van der Waals surface area contributed by atoms with Crippen molar-refractivity contribution in [3.05, 3.63) is 81.9 Å². The monoisotopic (exact) mass is 393 g/mol. The van der Waals surface area contributed by atoms with Crippen molar-refractivity contribution in [2.24, 2.45) is 0 Å². The predicted molar refractivity (Wildman–Crippen MR) is 114 cm³/mol. The van der Waals surface area contributed by atoms with E-state index in [-0.39, 0.29) is 5.91 Å². The third kappa shape index (κ3) is 5.25. The number of carbonyl (C=O) groups excluding carboxylic acids is 1. The number of aromatic amines is 1. The highest BCUT2D eigenvalue weighted by atomic mass is 32.1. The van der Waals surface area contributed by atoms with Crippen LogP contribution in [-0.4, -0.2) is 39.7 Å². The molecule has 0 atom stereocenters. The molecule has 0 radical (unpaired) electrons. The van der Waals surface area contributed by atoms with Gasteiger partial charge in [-0.2, -0.15) is 4.98 Å². The van der Waals surface area contributed by atoms with Gasteiger partial charge in [-0.25, -0.2) is 4.68 Å². The van der Waals surface area contributed by atoms with Crippen molar-refractivity contribution in [3.63, 3.8) is 0 Å². The molecule has 1 heterocycles. The van der Waals surface area contributed by atoms with Gasteiger partial charge in [-0.05, 0) is 48.6 Å². The zero-order valence-corrected chi connectivity index (χ0v) is 16.7. The zero-order chi connectivity index (χ0) is 19.9. The quantitative estimate of drug-likeness (QED) is 0.603. The minimum absolute atomic E-state index is 0.0836. The number of nitrogens with zero attached hydrogens (tertiary/aromatic N) is 3. The number of amides is 1. The van der Waals surface area contributed by atoms with Gasteiger partial charge >= 0.3 is 0 Å². The van der Waals surface area contributed by atoms with E-state index in [4.69, 9.17) is 12.2 Å². The first-order valence-electron chi connectivity index (χ1n) is 8.94. The fraction of sp³-hybridized carbons (Fsp3) is 0.190. The molecule has 2 N–H and O–H groups in total. The third-order valence-electron chi connectivity index (χ3n) is 4.21. The van der Waals surface area contributed by atoms with Crippen LogP contribution < -0.4 is 5.32 Å². The van der Waals surface area contributed by atoms with Crippen LogP contribution >= 0.6 is 12.2 Å². The van der Waals surface area contributed by atoms with Crippen LogP contribution in [0.5, 0.6) is 0 Å². The van der Waals surface area contributed by atoms with Crippen molar-refractivity contribution in [1.29, 1.82) is 0 Å². The molecular weight excluding hydrogens is 370 g/mol. The van der Waals surface area contributed by atoms with Crippen molar-refractivity contribution in [3.8, 4) is 0 Å². The lowest BCUT2D eigenvalue weighted by Gasteiger charge is -2.17. The van der Waals surface area contributed by atoms with E-state index in [0.717, 1.165) is 23.5 Å². The van der Waals surface area contributed by atoms with Gasteiger partial charge in [-0.15, -0.1) is 0 Å². The maximum Gasteiger partial charge on any atom is 0.251 e. The molecule has 1 aromatic heterocycles. The van der Waals surface area contributed by atoms with E-state index >= 15 is 0 Å². The van der Waals surface area contributed by atoms with E-state index in [2.05, 4.69) is 20.3 Å². The van der Waals surface area contributed by atoms with Crippen molar-refractivity contribution in [2.45, 2.75) is 13.2 Å². The van der Waals surface area contributed by atoms with E-state index < -0.39 is 0 Å². The van der Waals surface area contributed by atoms with Crippen molar-refractivity contribution in [1.82, 2.24) is 25.0 Å². The van der Waals surface area contributed by atoms with E-state index in [0.29, 0.717) is 17.0 Å². The van der Waals surface area contributed by atoms with Gasteiger partial charge in [-0.1, -0.05) is 48.5 Å². The lowest BCUT2D eigenvalue weighted by Crippen LogP contribution is -2.22. The third-order valence-corrected chi connectivity index (χ3v) is 4.52. The summed E-state index contributed by atoms with van der Waals surface area (Å²) in [5.74, 6) is 0.636. The average molecular weight is 394 g/mol. The van der Waals surface area contributed by atoms with Crippen LogP contribution in [0.1, 0.15) is 27.3 Å².